The fourth-order valence-corrected chi connectivity index (χ4v) is 5.87. The van der Waals surface area contributed by atoms with Crippen molar-refractivity contribution in [1.29, 1.82) is 0 Å². The predicted molar refractivity (Wildman–Crippen MR) is 121 cm³/mol. The number of thioether (sulfide) groups is 2. The van der Waals surface area contributed by atoms with Gasteiger partial charge >= 0.3 is 165 Å². The van der Waals surface area contributed by atoms with E-state index in [1.807, 2.05) is 12.1 Å². The Bertz CT molecular complexity index is 857. The van der Waals surface area contributed by atoms with E-state index in [0.717, 1.165) is 26.6 Å². The van der Waals surface area contributed by atoms with Crippen LogP contribution in [0, 0.1) is 0 Å². The number of benzene rings is 1. The molecule has 0 spiro atoms. The second kappa shape index (κ2) is 8.51. The first-order valence-corrected chi connectivity index (χ1v) is 13.0. The van der Waals surface area contributed by atoms with Crippen LogP contribution in [-0.4, -0.2) is 49.1 Å². The Morgan fingerprint density at radius 1 is 1.22 bits per heavy atom. The summed E-state index contributed by atoms with van der Waals surface area (Å²) in [6.45, 7) is 2.86. The van der Waals surface area contributed by atoms with Crippen molar-refractivity contribution in [2.24, 2.45) is 0 Å². The molecule has 0 aliphatic carbocycles. The molecule has 11 heteroatoms. The number of carbonyl (C=O) groups excluding carboxylic acids is 1. The summed E-state index contributed by atoms with van der Waals surface area (Å²) in [7, 11) is -4.21. The predicted octanol–water partition coefficient (Wildman–Crippen LogP) is 3.44. The fourth-order valence-electron chi connectivity index (χ4n) is 2.64. The van der Waals surface area contributed by atoms with Crippen LogP contribution in [0.3, 0.4) is 0 Å². The molecule has 1 aromatic rings. The number of hydrogen-bond acceptors (Lipinski definition) is 8. The standard InChI is InChI=1S/C16H18BrN2O4PS3/c1-2-18-11-9-10(17)3-4-12(11)26-14(18)6-5-13-15(20)19(16(25)27-13)7-8-24(21,22)23/h3-6,9,21-24H,2,7-8H2,1H3/b13-5+,14-6-. The number of carbonyl (C=O) groups is 1. The van der Waals surface area contributed by atoms with Gasteiger partial charge in [0.05, 0.1) is 0 Å². The molecule has 3 rings (SSSR count). The minimum absolute atomic E-state index is 0.0103. The number of thiocarbonyl (C=S) groups is 1. The van der Waals surface area contributed by atoms with Crippen molar-refractivity contribution in [2.75, 3.05) is 24.2 Å². The maximum atomic E-state index is 12.5. The number of anilines is 1. The summed E-state index contributed by atoms with van der Waals surface area (Å²) >= 11 is 11.5. The number of allylic oxidation sites excluding steroid dienone is 2. The van der Waals surface area contributed by atoms with Gasteiger partial charge in [0.1, 0.15) is 0 Å². The average Bonchev–Trinajstić information content (AvgIpc) is 3.06. The number of fused-ring (bicyclic) bond motifs is 1. The summed E-state index contributed by atoms with van der Waals surface area (Å²) in [6.07, 6.45) is 3.38. The number of nitrogens with zero attached hydrogens (tertiary/aromatic N) is 2. The van der Waals surface area contributed by atoms with Crippen LogP contribution in [0.4, 0.5) is 5.69 Å². The Morgan fingerprint density at radius 3 is 2.63 bits per heavy atom. The summed E-state index contributed by atoms with van der Waals surface area (Å²) in [5.41, 5.74) is 1.12. The molecule has 0 unspecified atom stereocenters. The van der Waals surface area contributed by atoms with Crippen molar-refractivity contribution >= 4 is 75.5 Å². The zero-order valence-corrected chi connectivity index (χ0v) is 19.3. The van der Waals surface area contributed by atoms with Crippen LogP contribution in [-0.2, 0) is 4.79 Å². The maximum absolute atomic E-state index is 12.5. The van der Waals surface area contributed by atoms with Gasteiger partial charge in [0.15, 0.2) is 0 Å². The minimum atomic E-state index is -4.21. The first-order chi connectivity index (χ1) is 12.7. The SMILES string of the molecule is CCN1/C(=C/C=C2/SC(=S)N(CC[PH](O)(O)O)C2=O)Sc2ccc(Br)cc21. The third kappa shape index (κ3) is 4.94. The van der Waals surface area contributed by atoms with E-state index in [4.69, 9.17) is 26.9 Å². The molecular formula is C16H18BrN2O4PS3. The van der Waals surface area contributed by atoms with Crippen molar-refractivity contribution in [1.82, 2.24) is 4.90 Å². The molecule has 1 fully saturated rings. The Balaban J connectivity index is 1.77. The van der Waals surface area contributed by atoms with Crippen LogP contribution < -0.4 is 4.90 Å². The van der Waals surface area contributed by atoms with Gasteiger partial charge in [-0.05, 0) is 0 Å². The van der Waals surface area contributed by atoms with Gasteiger partial charge in [-0.25, -0.2) is 0 Å². The Labute approximate surface area is 180 Å². The molecule has 146 valence electrons. The second-order valence-corrected chi connectivity index (χ2v) is 11.5. The van der Waals surface area contributed by atoms with Gasteiger partial charge < -0.3 is 0 Å². The van der Waals surface area contributed by atoms with Gasteiger partial charge in [-0.1, -0.05) is 15.9 Å². The molecule has 0 aromatic heterocycles. The molecule has 0 radical (unpaired) electrons. The van der Waals surface area contributed by atoms with E-state index in [2.05, 4.69) is 39.9 Å². The van der Waals surface area contributed by atoms with E-state index in [9.17, 15) is 4.79 Å². The Hall–Kier alpha value is -0.450. The number of hydrogen-bond donors (Lipinski definition) is 3. The summed E-state index contributed by atoms with van der Waals surface area (Å²) < 4.78 is 1.36. The zero-order chi connectivity index (χ0) is 19.8. The molecule has 0 saturated carbocycles. The number of rotatable bonds is 5. The molecular weight excluding hydrogens is 491 g/mol. The van der Waals surface area contributed by atoms with Gasteiger partial charge in [-0.3, -0.25) is 0 Å². The van der Waals surface area contributed by atoms with E-state index >= 15 is 0 Å². The normalized spacial score (nSPS) is 20.9. The third-order valence-electron chi connectivity index (χ3n) is 3.93. The molecule has 27 heavy (non-hydrogen) atoms. The number of amides is 1. The third-order valence-corrected chi connectivity index (χ3v) is 7.84. The fraction of sp³-hybridized carbons (Fsp3) is 0.250. The van der Waals surface area contributed by atoms with Crippen LogP contribution in [0.2, 0.25) is 0 Å². The van der Waals surface area contributed by atoms with Crippen LogP contribution in [0.5, 0.6) is 0 Å². The second-order valence-electron chi connectivity index (χ2n) is 5.84. The van der Waals surface area contributed by atoms with Crippen molar-refractivity contribution in [3.05, 3.63) is 44.8 Å². The van der Waals surface area contributed by atoms with Crippen LogP contribution in [0.1, 0.15) is 6.92 Å². The van der Waals surface area contributed by atoms with Gasteiger partial charge in [-0.15, -0.1) is 0 Å². The summed E-state index contributed by atoms with van der Waals surface area (Å²) in [6, 6.07) is 6.13. The molecule has 0 atom stereocenters. The van der Waals surface area contributed by atoms with Crippen molar-refractivity contribution in [3.8, 4) is 0 Å². The molecule has 1 aromatic carbocycles. The van der Waals surface area contributed by atoms with Gasteiger partial charge in [0.25, 0.3) is 0 Å². The van der Waals surface area contributed by atoms with E-state index in [1.165, 1.54) is 16.7 Å². The van der Waals surface area contributed by atoms with Gasteiger partial charge in [-0.2, -0.15) is 0 Å². The number of halogens is 1. The average molecular weight is 509 g/mol. The van der Waals surface area contributed by atoms with Gasteiger partial charge in [0.2, 0.25) is 0 Å². The van der Waals surface area contributed by atoms with Crippen LogP contribution in [0.25, 0.3) is 0 Å². The summed E-state index contributed by atoms with van der Waals surface area (Å²) in [5.74, 6) is -0.286. The van der Waals surface area contributed by atoms with Crippen LogP contribution in [0.15, 0.2) is 49.7 Å². The van der Waals surface area contributed by atoms with E-state index in [-0.39, 0.29) is 18.6 Å². The van der Waals surface area contributed by atoms with Gasteiger partial charge in [0, 0.05) is 0 Å². The molecule has 1 saturated heterocycles. The van der Waals surface area contributed by atoms with Crippen molar-refractivity contribution < 1.29 is 19.5 Å². The van der Waals surface area contributed by atoms with E-state index in [0.29, 0.717) is 9.23 Å². The van der Waals surface area contributed by atoms with Crippen molar-refractivity contribution in [2.45, 2.75) is 11.8 Å². The summed E-state index contributed by atoms with van der Waals surface area (Å²) in [5, 5.41) is 1.02. The zero-order valence-electron chi connectivity index (χ0n) is 14.3. The topological polar surface area (TPSA) is 84.2 Å². The molecule has 0 bridgehead atoms. The monoisotopic (exact) mass is 508 g/mol. The van der Waals surface area contributed by atoms with E-state index in [1.54, 1.807) is 17.8 Å². The Morgan fingerprint density at radius 2 is 1.96 bits per heavy atom. The van der Waals surface area contributed by atoms with E-state index < -0.39 is 7.94 Å². The molecule has 1 amide bonds. The molecule has 2 aliphatic heterocycles. The molecule has 6 nitrogen and oxygen atoms in total. The molecule has 2 heterocycles. The molecule has 2 aliphatic rings. The first-order valence-electron chi connectivity index (χ1n) is 8.07. The Kier molecular flexibility index (Phi) is 6.70. The van der Waals surface area contributed by atoms with Crippen molar-refractivity contribution in [3.63, 3.8) is 0 Å². The first kappa shape index (κ1) is 21.3. The quantitative estimate of drug-likeness (QED) is 0.317. The van der Waals surface area contributed by atoms with Crippen LogP contribution >= 0.6 is 59.6 Å². The summed E-state index contributed by atoms with van der Waals surface area (Å²) in [4.78, 5) is 45.1. The molecule has 3 N–H and O–H groups in total.